The van der Waals surface area contributed by atoms with Crippen molar-refractivity contribution in [1.29, 1.82) is 0 Å². The Balaban J connectivity index is 0. The molecule has 0 aromatic carbocycles. The minimum absolute atomic E-state index is 0. The Morgan fingerprint density at radius 1 is 0.938 bits per heavy atom. The summed E-state index contributed by atoms with van der Waals surface area (Å²) in [5, 5.41) is 0. The largest absolute Gasteiger partial charge is 0.488 e. The van der Waals surface area contributed by atoms with Crippen LogP contribution in [0.25, 0.3) is 0 Å². The van der Waals surface area contributed by atoms with Crippen molar-refractivity contribution in [3.8, 4) is 0 Å². The zero-order valence-corrected chi connectivity index (χ0v) is 10.4. The van der Waals surface area contributed by atoms with E-state index in [2.05, 4.69) is 8.62 Å². The molecule has 2 atom stereocenters. The summed E-state index contributed by atoms with van der Waals surface area (Å²) in [5.41, 5.74) is -1.02. The van der Waals surface area contributed by atoms with Gasteiger partial charge >= 0.3 is 23.2 Å². The molecule has 0 aromatic rings. The molecule has 0 radical (unpaired) electrons. The van der Waals surface area contributed by atoms with E-state index in [4.69, 9.17) is 19.6 Å². The molecule has 4 N–H and O–H groups in total. The van der Waals surface area contributed by atoms with Gasteiger partial charge in [-0.2, -0.15) is 4.31 Å². The van der Waals surface area contributed by atoms with E-state index in [1.165, 1.54) is 13.8 Å². The van der Waals surface area contributed by atoms with E-state index in [9.17, 15) is 13.7 Å². The topological polar surface area (TPSA) is 151 Å². The van der Waals surface area contributed by atoms with Crippen molar-refractivity contribution in [2.24, 2.45) is 0 Å². The monoisotopic (exact) mass is 300 g/mol. The molecule has 12 heteroatoms. The number of hydrogen-bond acceptors (Lipinski definition) is 5. The van der Waals surface area contributed by atoms with Gasteiger partial charge < -0.3 is 19.6 Å². The number of phosphoric acid groups is 2. The van der Waals surface area contributed by atoms with E-state index in [1.807, 2.05) is 0 Å². The smallest absolute Gasteiger partial charge is 0.324 e. The summed E-state index contributed by atoms with van der Waals surface area (Å²) in [6, 6.07) is 0. The van der Waals surface area contributed by atoms with Crippen LogP contribution in [-0.4, -0.2) is 25.2 Å². The van der Waals surface area contributed by atoms with Crippen LogP contribution >= 0.6 is 23.2 Å². The lowest BCUT2D eigenvalue weighted by Crippen LogP contribution is -2.01. The highest BCUT2D eigenvalue weighted by molar-refractivity contribution is 7.68. The lowest BCUT2D eigenvalue weighted by molar-refractivity contribution is 0.221. The van der Waals surface area contributed by atoms with Gasteiger partial charge in [-0.15, -0.1) is 0 Å². The van der Waals surface area contributed by atoms with Gasteiger partial charge in [0.15, 0.2) is 0 Å². The van der Waals surface area contributed by atoms with E-state index in [0.717, 1.165) is 0 Å². The molecule has 0 saturated carbocycles. The van der Waals surface area contributed by atoms with Crippen LogP contribution in [0.15, 0.2) is 0 Å². The molecule has 0 fully saturated rings. The van der Waals surface area contributed by atoms with Crippen LogP contribution < -0.4 is 0 Å². The molecule has 0 saturated heterocycles. The second-order valence-corrected chi connectivity index (χ2v) is 8.17. The van der Waals surface area contributed by atoms with Crippen molar-refractivity contribution in [3.63, 3.8) is 0 Å². The highest BCUT2D eigenvalue weighted by Gasteiger charge is 2.40. The third-order valence-electron chi connectivity index (χ3n) is 1.08. The molecule has 0 aromatic heterocycles. The third kappa shape index (κ3) is 7.68. The summed E-state index contributed by atoms with van der Waals surface area (Å²) in [5.74, 6) is 0. The number of hydrogen-bond donors (Lipinski definition) is 4. The Morgan fingerprint density at radius 3 is 1.56 bits per heavy atom. The van der Waals surface area contributed by atoms with Gasteiger partial charge in [0.2, 0.25) is 0 Å². The van der Waals surface area contributed by atoms with Gasteiger partial charge in [-0.25, -0.2) is 13.4 Å². The van der Waals surface area contributed by atoms with Crippen molar-refractivity contribution in [2.75, 3.05) is 0 Å². The predicted octanol–water partition coefficient (Wildman–Crippen LogP) is 1.44. The van der Waals surface area contributed by atoms with Gasteiger partial charge in [0, 0.05) is 0 Å². The molecule has 16 heavy (non-hydrogen) atoms. The summed E-state index contributed by atoms with van der Waals surface area (Å²) in [6.45, 7) is 2.44. The third-order valence-corrected chi connectivity index (χ3v) is 5.83. The highest BCUT2D eigenvalue weighted by Crippen LogP contribution is 2.67. The maximum absolute atomic E-state index is 11.1. The van der Waals surface area contributed by atoms with E-state index in [1.54, 1.807) is 0 Å². The summed E-state index contributed by atoms with van der Waals surface area (Å²) in [7, 11) is -15.0. The average molecular weight is 300 g/mol. The van der Waals surface area contributed by atoms with Gasteiger partial charge in [0.25, 0.3) is 0 Å². The minimum atomic E-state index is -5.27. The van der Waals surface area contributed by atoms with Crippen molar-refractivity contribution < 1.29 is 41.9 Å². The van der Waals surface area contributed by atoms with Crippen molar-refractivity contribution in [2.45, 2.75) is 26.9 Å². The summed E-state index contributed by atoms with van der Waals surface area (Å²) in [4.78, 5) is 34.1. The van der Waals surface area contributed by atoms with Crippen LogP contribution in [0.4, 0.5) is 0 Å². The normalized spacial score (nSPS) is 19.7. The first-order valence-electron chi connectivity index (χ1n) is 3.49. The first kappa shape index (κ1) is 18.8. The van der Waals surface area contributed by atoms with E-state index in [-0.39, 0.29) is 7.43 Å². The lowest BCUT2D eigenvalue weighted by Gasteiger charge is -2.18. The van der Waals surface area contributed by atoms with Crippen LogP contribution in [0.1, 0.15) is 21.3 Å². The maximum Gasteiger partial charge on any atom is 0.488 e. The molecule has 0 aliphatic heterocycles. The van der Waals surface area contributed by atoms with Gasteiger partial charge in [0.05, 0.1) is 5.66 Å². The predicted molar refractivity (Wildman–Crippen MR) is 55.7 cm³/mol. The van der Waals surface area contributed by atoms with Crippen LogP contribution in [0, 0.1) is 0 Å². The second kappa shape index (κ2) is 5.87. The summed E-state index contributed by atoms with van der Waals surface area (Å²) < 4.78 is 39.2. The zero-order chi connectivity index (χ0) is 12.5. The van der Waals surface area contributed by atoms with Crippen LogP contribution in [-0.2, 0) is 22.3 Å². The van der Waals surface area contributed by atoms with Gasteiger partial charge in [0.1, 0.15) is 0 Å². The minimum Gasteiger partial charge on any atom is -0.324 e. The fourth-order valence-electron chi connectivity index (χ4n) is 0.391. The fourth-order valence-corrected chi connectivity index (χ4v) is 3.79. The maximum atomic E-state index is 11.1. The Labute approximate surface area is 92.8 Å². The zero-order valence-electron chi connectivity index (χ0n) is 7.75. The fraction of sp³-hybridized carbons (Fsp3) is 1.00. The van der Waals surface area contributed by atoms with Gasteiger partial charge in [-0.3, -0.25) is 4.57 Å². The standard InChI is InChI=1S/C3H11O9P3.CH4/c1-3(2)13(4,5)11-15(9,10)12-14(6,7)8;/h3H,1-2H3,(H,4,5)(H,9,10)(H2,6,7,8);1H4. The molecule has 9 nitrogen and oxygen atoms in total. The van der Waals surface area contributed by atoms with Crippen molar-refractivity contribution in [3.05, 3.63) is 0 Å². The number of rotatable bonds is 5. The molecule has 2 unspecified atom stereocenters. The SMILES string of the molecule is C.CC(C)P(=O)(O)OP(=O)(O)OP(=O)(O)O. The molecule has 0 rings (SSSR count). The lowest BCUT2D eigenvalue weighted by atomic mass is 10.6. The molecule has 0 bridgehead atoms. The Kier molecular flexibility index (Phi) is 6.90. The van der Waals surface area contributed by atoms with Crippen LogP contribution in [0.5, 0.6) is 0 Å². The highest BCUT2D eigenvalue weighted by atomic mass is 31.3. The first-order valence-corrected chi connectivity index (χ1v) is 8.16. The molecule has 0 aliphatic rings. The molecular weight excluding hydrogens is 285 g/mol. The van der Waals surface area contributed by atoms with E-state index >= 15 is 0 Å². The van der Waals surface area contributed by atoms with E-state index < -0.39 is 28.9 Å². The Hall–Kier alpha value is 0.450. The second-order valence-electron chi connectivity index (χ2n) is 2.78. The summed E-state index contributed by atoms with van der Waals surface area (Å²) >= 11 is 0. The van der Waals surface area contributed by atoms with Crippen LogP contribution in [0.3, 0.4) is 0 Å². The molecule has 0 amide bonds. The molecule has 100 valence electrons. The van der Waals surface area contributed by atoms with Crippen LogP contribution in [0.2, 0.25) is 0 Å². The van der Waals surface area contributed by atoms with Crippen molar-refractivity contribution >= 4 is 23.2 Å². The Morgan fingerprint density at radius 2 is 1.31 bits per heavy atom. The average Bonchev–Trinajstić information content (AvgIpc) is 1.75. The Bertz CT molecular complexity index is 356. The first-order chi connectivity index (χ1) is 6.36. The molecular formula is C4H15O9P3. The van der Waals surface area contributed by atoms with E-state index in [0.29, 0.717) is 0 Å². The van der Waals surface area contributed by atoms with Crippen molar-refractivity contribution in [1.82, 2.24) is 0 Å². The molecule has 0 spiro atoms. The quantitative estimate of drug-likeness (QED) is 0.552. The van der Waals surface area contributed by atoms with Gasteiger partial charge in [-0.1, -0.05) is 21.3 Å². The summed E-state index contributed by atoms with van der Waals surface area (Å²) in [6.07, 6.45) is 0. The molecule has 0 heterocycles. The van der Waals surface area contributed by atoms with Gasteiger partial charge in [-0.05, 0) is 0 Å². The molecule has 0 aliphatic carbocycles.